The van der Waals surface area contributed by atoms with Gasteiger partial charge in [-0.1, -0.05) is 0 Å². The summed E-state index contributed by atoms with van der Waals surface area (Å²) in [7, 11) is -0.476. The molecule has 1 aromatic rings. The summed E-state index contributed by atoms with van der Waals surface area (Å²) in [6.07, 6.45) is 0.0511. The van der Waals surface area contributed by atoms with E-state index in [1.807, 2.05) is 6.07 Å². The summed E-state index contributed by atoms with van der Waals surface area (Å²) in [5.41, 5.74) is 0.853. The maximum atomic E-state index is 12.5. The fourth-order valence-corrected chi connectivity index (χ4v) is 4.00. The lowest BCUT2D eigenvalue weighted by Gasteiger charge is -2.33. The van der Waals surface area contributed by atoms with E-state index >= 15 is 0 Å². The van der Waals surface area contributed by atoms with E-state index in [9.17, 15) is 13.2 Å². The van der Waals surface area contributed by atoms with Crippen LogP contribution in [0.25, 0.3) is 0 Å². The van der Waals surface area contributed by atoms with Gasteiger partial charge in [-0.05, 0) is 37.1 Å². The van der Waals surface area contributed by atoms with Crippen molar-refractivity contribution in [2.24, 2.45) is 0 Å². The Bertz CT molecular complexity index is 732. The summed E-state index contributed by atoms with van der Waals surface area (Å²) < 4.78 is 44.3. The Balaban J connectivity index is 1.88. The Hall–Kier alpha value is -2.04. The predicted molar refractivity (Wildman–Crippen MR) is 100 cm³/mol. The molecule has 0 radical (unpaired) electrons. The number of rotatable bonds is 8. The van der Waals surface area contributed by atoms with Crippen LogP contribution in [0, 0.1) is 0 Å². The minimum absolute atomic E-state index is 0.226. The SMILES string of the molecule is CCOC(=O)N1CCN(S(=O)(=O)NCCc2cc(OC)ccc2OC)CC1. The Morgan fingerprint density at radius 1 is 1.15 bits per heavy atom. The summed E-state index contributed by atoms with van der Waals surface area (Å²) in [6.45, 7) is 3.34. The molecular weight excluding hydrogens is 374 g/mol. The van der Waals surface area contributed by atoms with Crippen LogP contribution in [-0.2, 0) is 21.4 Å². The molecule has 1 heterocycles. The number of ether oxygens (including phenoxy) is 3. The number of piperazine rings is 1. The Morgan fingerprint density at radius 3 is 2.44 bits per heavy atom. The first-order valence-corrected chi connectivity index (χ1v) is 10.2. The third kappa shape index (κ3) is 5.72. The van der Waals surface area contributed by atoms with Gasteiger partial charge < -0.3 is 19.1 Å². The zero-order valence-electron chi connectivity index (χ0n) is 15.9. The van der Waals surface area contributed by atoms with Crippen LogP contribution in [0.3, 0.4) is 0 Å². The Kier molecular flexibility index (Phi) is 7.69. The summed E-state index contributed by atoms with van der Waals surface area (Å²) in [4.78, 5) is 13.2. The average Bonchev–Trinajstić information content (AvgIpc) is 2.68. The summed E-state index contributed by atoms with van der Waals surface area (Å²) in [5.74, 6) is 1.36. The maximum absolute atomic E-state index is 12.5. The molecule has 0 aromatic heterocycles. The second-order valence-corrected chi connectivity index (χ2v) is 7.67. The quantitative estimate of drug-likeness (QED) is 0.694. The zero-order valence-corrected chi connectivity index (χ0v) is 16.8. The van der Waals surface area contributed by atoms with E-state index in [-0.39, 0.29) is 19.6 Å². The van der Waals surface area contributed by atoms with Gasteiger partial charge >= 0.3 is 6.09 Å². The molecule has 0 aliphatic carbocycles. The molecule has 1 saturated heterocycles. The van der Waals surface area contributed by atoms with Crippen molar-refractivity contribution < 1.29 is 27.4 Å². The smallest absolute Gasteiger partial charge is 0.409 e. The average molecular weight is 401 g/mol. The van der Waals surface area contributed by atoms with E-state index in [4.69, 9.17) is 14.2 Å². The van der Waals surface area contributed by atoms with Crippen LogP contribution in [0.2, 0.25) is 0 Å². The van der Waals surface area contributed by atoms with Crippen molar-refractivity contribution in [1.82, 2.24) is 13.9 Å². The minimum atomic E-state index is -3.62. The second-order valence-electron chi connectivity index (χ2n) is 5.91. The van der Waals surface area contributed by atoms with Gasteiger partial charge in [0.05, 0.1) is 20.8 Å². The van der Waals surface area contributed by atoms with Crippen molar-refractivity contribution >= 4 is 16.3 Å². The standard InChI is InChI=1S/C17H27N3O6S/c1-4-26-17(21)19-9-11-20(12-10-19)27(22,23)18-8-7-14-13-15(24-2)5-6-16(14)25-3/h5-6,13,18H,4,7-12H2,1-3H3. The fourth-order valence-electron chi connectivity index (χ4n) is 2.81. The fraction of sp³-hybridized carbons (Fsp3) is 0.588. The zero-order chi connectivity index (χ0) is 19.9. The van der Waals surface area contributed by atoms with Gasteiger partial charge in [0.2, 0.25) is 0 Å². The topological polar surface area (TPSA) is 97.4 Å². The number of amides is 1. The summed E-state index contributed by atoms with van der Waals surface area (Å²) in [5, 5.41) is 0. The van der Waals surface area contributed by atoms with Gasteiger partial charge in [-0.15, -0.1) is 0 Å². The molecule has 1 aromatic carbocycles. The first-order chi connectivity index (χ1) is 12.9. The van der Waals surface area contributed by atoms with Crippen molar-refractivity contribution in [2.75, 3.05) is 53.6 Å². The number of carbonyl (C=O) groups excluding carboxylic acids is 1. The van der Waals surface area contributed by atoms with Gasteiger partial charge in [0.25, 0.3) is 10.2 Å². The molecule has 1 amide bonds. The van der Waals surface area contributed by atoms with Gasteiger partial charge in [-0.2, -0.15) is 12.7 Å². The highest BCUT2D eigenvalue weighted by Gasteiger charge is 2.29. The molecule has 0 unspecified atom stereocenters. The molecule has 27 heavy (non-hydrogen) atoms. The van der Waals surface area contributed by atoms with E-state index in [0.29, 0.717) is 37.6 Å². The van der Waals surface area contributed by atoms with Crippen LogP contribution in [0.5, 0.6) is 11.5 Å². The van der Waals surface area contributed by atoms with Gasteiger partial charge in [0.15, 0.2) is 0 Å². The largest absolute Gasteiger partial charge is 0.497 e. The lowest BCUT2D eigenvalue weighted by Crippen LogP contribution is -2.53. The number of benzene rings is 1. The number of methoxy groups -OCH3 is 2. The number of carbonyl (C=O) groups is 1. The highest BCUT2D eigenvalue weighted by atomic mass is 32.2. The molecule has 1 N–H and O–H groups in total. The molecule has 1 fully saturated rings. The monoisotopic (exact) mass is 401 g/mol. The van der Waals surface area contributed by atoms with Crippen LogP contribution >= 0.6 is 0 Å². The first-order valence-electron chi connectivity index (χ1n) is 8.78. The second kappa shape index (κ2) is 9.77. The molecule has 152 valence electrons. The highest BCUT2D eigenvalue weighted by Crippen LogP contribution is 2.24. The van der Waals surface area contributed by atoms with E-state index in [1.54, 1.807) is 33.3 Å². The maximum Gasteiger partial charge on any atom is 0.409 e. The number of nitrogens with zero attached hydrogens (tertiary/aromatic N) is 2. The molecule has 1 aliphatic rings. The van der Waals surface area contributed by atoms with Crippen LogP contribution in [0.15, 0.2) is 18.2 Å². The molecule has 0 spiro atoms. The lowest BCUT2D eigenvalue weighted by molar-refractivity contribution is 0.0932. The van der Waals surface area contributed by atoms with Gasteiger partial charge in [0, 0.05) is 32.7 Å². The highest BCUT2D eigenvalue weighted by molar-refractivity contribution is 7.87. The van der Waals surface area contributed by atoms with Crippen LogP contribution < -0.4 is 14.2 Å². The van der Waals surface area contributed by atoms with E-state index in [1.165, 1.54) is 9.21 Å². The van der Waals surface area contributed by atoms with Crippen molar-refractivity contribution in [2.45, 2.75) is 13.3 Å². The summed E-state index contributed by atoms with van der Waals surface area (Å²) >= 11 is 0. The molecule has 1 aliphatic heterocycles. The van der Waals surface area contributed by atoms with Crippen molar-refractivity contribution in [3.8, 4) is 11.5 Å². The van der Waals surface area contributed by atoms with E-state index in [2.05, 4.69) is 4.72 Å². The van der Waals surface area contributed by atoms with Crippen LogP contribution in [0.4, 0.5) is 4.79 Å². The van der Waals surface area contributed by atoms with Crippen molar-refractivity contribution in [3.05, 3.63) is 23.8 Å². The molecule has 0 atom stereocenters. The number of hydrogen-bond donors (Lipinski definition) is 1. The molecule has 0 saturated carbocycles. The van der Waals surface area contributed by atoms with Gasteiger partial charge in [0.1, 0.15) is 11.5 Å². The van der Waals surface area contributed by atoms with Gasteiger partial charge in [-0.25, -0.2) is 9.52 Å². The minimum Gasteiger partial charge on any atom is -0.497 e. The molecule has 2 rings (SSSR count). The van der Waals surface area contributed by atoms with Gasteiger partial charge in [-0.3, -0.25) is 0 Å². The predicted octanol–water partition coefficient (Wildman–Crippen LogP) is 0.855. The molecular formula is C17H27N3O6S. The number of nitrogens with one attached hydrogen (secondary N) is 1. The molecule has 0 bridgehead atoms. The van der Waals surface area contributed by atoms with Crippen molar-refractivity contribution in [3.63, 3.8) is 0 Å². The number of hydrogen-bond acceptors (Lipinski definition) is 6. The van der Waals surface area contributed by atoms with Crippen LogP contribution in [-0.4, -0.2) is 77.3 Å². The van der Waals surface area contributed by atoms with Crippen molar-refractivity contribution in [1.29, 1.82) is 0 Å². The lowest BCUT2D eigenvalue weighted by atomic mass is 10.1. The Morgan fingerprint density at radius 2 is 1.85 bits per heavy atom. The third-order valence-corrected chi connectivity index (χ3v) is 5.88. The van der Waals surface area contributed by atoms with E-state index in [0.717, 1.165) is 5.56 Å². The first kappa shape index (κ1) is 21.3. The molecule has 9 nitrogen and oxygen atoms in total. The summed E-state index contributed by atoms with van der Waals surface area (Å²) in [6, 6.07) is 5.40. The molecule has 10 heteroatoms. The normalized spacial score (nSPS) is 15.4. The van der Waals surface area contributed by atoms with E-state index < -0.39 is 16.3 Å². The Labute approximate surface area is 160 Å². The van der Waals surface area contributed by atoms with Crippen LogP contribution in [0.1, 0.15) is 12.5 Å². The third-order valence-electron chi connectivity index (χ3n) is 4.27.